The van der Waals surface area contributed by atoms with E-state index in [1.54, 1.807) is 37.3 Å². The molecule has 0 N–H and O–H groups in total. The van der Waals surface area contributed by atoms with Crippen LogP contribution in [-0.4, -0.2) is 30.7 Å². The number of non-ortho nitro benzene ring substituents is 1. The van der Waals surface area contributed by atoms with Crippen molar-refractivity contribution in [2.75, 3.05) is 0 Å². The van der Waals surface area contributed by atoms with Gasteiger partial charge in [-0.2, -0.15) is 0 Å². The molecule has 0 radical (unpaired) electrons. The highest BCUT2D eigenvalue weighted by atomic mass is 35.5. The number of nitro groups is 1. The summed E-state index contributed by atoms with van der Waals surface area (Å²) < 4.78 is 7.75. The van der Waals surface area contributed by atoms with Gasteiger partial charge in [0.2, 0.25) is 0 Å². The summed E-state index contributed by atoms with van der Waals surface area (Å²) in [6.07, 6.45) is 0.0910. The number of halogens is 1. The van der Waals surface area contributed by atoms with Crippen LogP contribution in [0.5, 0.6) is 5.75 Å². The van der Waals surface area contributed by atoms with Crippen LogP contribution in [0.25, 0.3) is 5.69 Å². The number of para-hydroxylation sites is 1. The number of nitro benzene ring substituents is 1. The van der Waals surface area contributed by atoms with Gasteiger partial charge in [0, 0.05) is 29.3 Å². The monoisotopic (exact) mass is 522 g/mol. The van der Waals surface area contributed by atoms with Gasteiger partial charge in [-0.3, -0.25) is 19.5 Å². The van der Waals surface area contributed by atoms with E-state index in [4.69, 9.17) is 16.3 Å². The Morgan fingerprint density at radius 3 is 2.53 bits per heavy atom. The molecule has 0 saturated heterocycles. The van der Waals surface area contributed by atoms with Gasteiger partial charge in [0.1, 0.15) is 18.1 Å². The normalized spacial score (nSPS) is 11.8. The Labute approximate surface area is 217 Å². The van der Waals surface area contributed by atoms with Gasteiger partial charge < -0.3 is 4.74 Å². The largest absolute Gasteiger partial charge is 0.486 e. The molecule has 0 aliphatic heterocycles. The molecule has 0 spiro atoms. The first-order valence-corrected chi connectivity index (χ1v) is 12.4. The quantitative estimate of drug-likeness (QED) is 0.143. The van der Waals surface area contributed by atoms with Crippen LogP contribution in [0.2, 0.25) is 5.02 Å². The molecule has 36 heavy (non-hydrogen) atoms. The van der Waals surface area contributed by atoms with Gasteiger partial charge in [-0.05, 0) is 61.4 Å². The molecule has 0 aliphatic rings. The molecular formula is C26H23ClN4O4S. The van der Waals surface area contributed by atoms with Gasteiger partial charge in [0.05, 0.1) is 10.2 Å². The smallest absolute Gasteiger partial charge is 0.269 e. The number of hydrogen-bond acceptors (Lipinski definition) is 7. The lowest BCUT2D eigenvalue weighted by Crippen LogP contribution is -2.17. The van der Waals surface area contributed by atoms with E-state index in [1.165, 1.54) is 23.9 Å². The van der Waals surface area contributed by atoms with Gasteiger partial charge >= 0.3 is 0 Å². The van der Waals surface area contributed by atoms with E-state index in [0.29, 0.717) is 27.3 Å². The van der Waals surface area contributed by atoms with Crippen molar-refractivity contribution in [2.24, 2.45) is 0 Å². The number of aryl methyl sites for hydroxylation is 1. The summed E-state index contributed by atoms with van der Waals surface area (Å²) >= 11 is 7.24. The molecule has 1 unspecified atom stereocenters. The highest BCUT2D eigenvalue weighted by molar-refractivity contribution is 8.00. The first-order valence-electron chi connectivity index (χ1n) is 11.1. The Morgan fingerprint density at radius 2 is 1.83 bits per heavy atom. The summed E-state index contributed by atoms with van der Waals surface area (Å²) in [5, 5.41) is 20.5. The van der Waals surface area contributed by atoms with Crippen LogP contribution >= 0.6 is 23.4 Å². The van der Waals surface area contributed by atoms with Crippen molar-refractivity contribution in [2.45, 2.75) is 37.3 Å². The van der Waals surface area contributed by atoms with Crippen molar-refractivity contribution in [3.8, 4) is 11.4 Å². The molecule has 0 aliphatic carbocycles. The lowest BCUT2D eigenvalue weighted by Gasteiger charge is -2.14. The van der Waals surface area contributed by atoms with Crippen molar-refractivity contribution in [1.29, 1.82) is 0 Å². The minimum Gasteiger partial charge on any atom is -0.486 e. The minimum absolute atomic E-state index is 0.0298. The molecule has 1 aromatic heterocycles. The fraction of sp³-hybridized carbons (Fsp3) is 0.192. The van der Waals surface area contributed by atoms with E-state index < -0.39 is 10.2 Å². The molecular weight excluding hydrogens is 500 g/mol. The highest BCUT2D eigenvalue weighted by Gasteiger charge is 2.22. The van der Waals surface area contributed by atoms with E-state index in [-0.39, 0.29) is 24.5 Å². The molecule has 0 amide bonds. The third-order valence-corrected chi connectivity index (χ3v) is 6.88. The summed E-state index contributed by atoms with van der Waals surface area (Å²) in [6, 6.07) is 21.2. The molecule has 1 atom stereocenters. The third-order valence-electron chi connectivity index (χ3n) is 5.54. The Kier molecular flexibility index (Phi) is 8.02. The number of thioether (sulfide) groups is 1. The van der Waals surface area contributed by atoms with Crippen LogP contribution in [0, 0.1) is 17.0 Å². The van der Waals surface area contributed by atoms with Crippen molar-refractivity contribution < 1.29 is 14.5 Å². The molecule has 0 bridgehead atoms. The number of nitrogens with zero attached hydrogens (tertiary/aromatic N) is 4. The molecule has 1 heterocycles. The average molecular weight is 523 g/mol. The number of carbonyl (C=O) groups is 1. The van der Waals surface area contributed by atoms with Crippen LogP contribution in [0.4, 0.5) is 5.69 Å². The van der Waals surface area contributed by atoms with Gasteiger partial charge in [-0.25, -0.2) is 0 Å². The van der Waals surface area contributed by atoms with Gasteiger partial charge in [0.15, 0.2) is 11.0 Å². The maximum absolute atomic E-state index is 13.1. The lowest BCUT2D eigenvalue weighted by molar-refractivity contribution is -0.384. The van der Waals surface area contributed by atoms with Crippen LogP contribution < -0.4 is 4.74 Å². The van der Waals surface area contributed by atoms with Crippen LogP contribution in [0.15, 0.2) is 78.0 Å². The zero-order valence-electron chi connectivity index (χ0n) is 19.6. The topological polar surface area (TPSA) is 100 Å². The van der Waals surface area contributed by atoms with E-state index in [1.807, 2.05) is 41.8 Å². The second-order valence-electron chi connectivity index (χ2n) is 8.08. The number of ketones is 1. The zero-order valence-corrected chi connectivity index (χ0v) is 21.2. The predicted molar refractivity (Wildman–Crippen MR) is 139 cm³/mol. The summed E-state index contributed by atoms with van der Waals surface area (Å²) in [7, 11) is 0. The second kappa shape index (κ2) is 11.4. The van der Waals surface area contributed by atoms with E-state index >= 15 is 0 Å². The summed E-state index contributed by atoms with van der Waals surface area (Å²) in [5.74, 6) is 1.16. The van der Waals surface area contributed by atoms with E-state index in [9.17, 15) is 14.9 Å². The Hall–Kier alpha value is -3.69. The van der Waals surface area contributed by atoms with E-state index in [0.717, 1.165) is 11.3 Å². The number of rotatable bonds is 10. The van der Waals surface area contributed by atoms with Gasteiger partial charge in [-0.1, -0.05) is 47.6 Å². The summed E-state index contributed by atoms with van der Waals surface area (Å²) in [4.78, 5) is 23.7. The SMILES string of the molecule is Cc1ccc([N+](=O)[O-])cc1CC(=O)C(C)Sc1nnc(COc2ccc(Cl)cc2)n1-c1ccccc1. The molecule has 0 saturated carbocycles. The van der Waals surface area contributed by atoms with Crippen molar-refractivity contribution in [1.82, 2.24) is 14.8 Å². The number of benzene rings is 3. The third kappa shape index (κ3) is 6.10. The Morgan fingerprint density at radius 1 is 1.11 bits per heavy atom. The first kappa shape index (κ1) is 25.4. The molecule has 8 nitrogen and oxygen atoms in total. The van der Waals surface area contributed by atoms with Crippen molar-refractivity contribution >= 4 is 34.8 Å². The average Bonchev–Trinajstić information content (AvgIpc) is 3.27. The predicted octanol–water partition coefficient (Wildman–Crippen LogP) is 6.01. The number of Topliss-reactive ketones (excluding diaryl/α,β-unsaturated/α-hetero) is 1. The highest BCUT2D eigenvalue weighted by Crippen LogP contribution is 2.28. The number of aromatic nitrogens is 3. The van der Waals surface area contributed by atoms with Gasteiger partial charge in [-0.15, -0.1) is 10.2 Å². The molecule has 4 rings (SSSR count). The lowest BCUT2D eigenvalue weighted by atomic mass is 10.0. The summed E-state index contributed by atoms with van der Waals surface area (Å²) in [6.45, 7) is 3.80. The molecule has 184 valence electrons. The Bertz CT molecular complexity index is 1380. The molecule has 4 aromatic rings. The summed E-state index contributed by atoms with van der Waals surface area (Å²) in [5.41, 5.74) is 2.29. The van der Waals surface area contributed by atoms with Crippen LogP contribution in [0.3, 0.4) is 0 Å². The Balaban J connectivity index is 1.54. The van der Waals surface area contributed by atoms with Crippen LogP contribution in [0.1, 0.15) is 23.9 Å². The standard InChI is InChI=1S/C26H23ClN4O4S/c1-17-8-11-22(31(33)34)14-19(17)15-24(32)18(2)36-26-29-28-25(30(26)21-6-4-3-5-7-21)16-35-23-12-9-20(27)10-13-23/h3-14,18H,15-16H2,1-2H3. The van der Waals surface area contributed by atoms with Gasteiger partial charge in [0.25, 0.3) is 5.69 Å². The fourth-order valence-corrected chi connectivity index (χ4v) is 4.56. The molecule has 10 heteroatoms. The second-order valence-corrected chi connectivity index (χ2v) is 9.83. The number of carbonyl (C=O) groups excluding carboxylic acids is 1. The molecule has 3 aromatic carbocycles. The molecule has 0 fully saturated rings. The fourth-order valence-electron chi connectivity index (χ4n) is 3.50. The maximum atomic E-state index is 13.1. The maximum Gasteiger partial charge on any atom is 0.269 e. The first-order chi connectivity index (χ1) is 17.3. The number of ether oxygens (including phenoxy) is 1. The minimum atomic E-state index is -0.458. The van der Waals surface area contributed by atoms with Crippen molar-refractivity contribution in [3.05, 3.63) is 105 Å². The number of hydrogen-bond donors (Lipinski definition) is 0. The zero-order chi connectivity index (χ0) is 25.7. The van der Waals surface area contributed by atoms with Crippen molar-refractivity contribution in [3.63, 3.8) is 0 Å². The van der Waals surface area contributed by atoms with Crippen LogP contribution in [-0.2, 0) is 17.8 Å². The van der Waals surface area contributed by atoms with E-state index in [2.05, 4.69) is 10.2 Å².